The number of likely N-dealkylation sites (N-methyl/N-ethyl adjacent to an activating group) is 1. The van der Waals surface area contributed by atoms with Crippen LogP contribution in [-0.4, -0.2) is 23.5 Å². The molecule has 1 atom stereocenters. The van der Waals surface area contributed by atoms with Gasteiger partial charge in [-0.15, -0.1) is 0 Å². The van der Waals surface area contributed by atoms with Crippen LogP contribution in [0.1, 0.15) is 57.7 Å². The van der Waals surface area contributed by atoms with E-state index in [-0.39, 0.29) is 17.4 Å². The zero-order valence-electron chi connectivity index (χ0n) is 13.5. The number of halogens is 1. The second kappa shape index (κ2) is 7.19. The third-order valence-electron chi connectivity index (χ3n) is 4.68. The van der Waals surface area contributed by atoms with E-state index in [2.05, 4.69) is 32.6 Å². The van der Waals surface area contributed by atoms with Gasteiger partial charge in [-0.2, -0.15) is 0 Å². The average molecular weight is 280 g/mol. The molecule has 114 valence electrons. The molecule has 20 heavy (non-hydrogen) atoms. The minimum absolute atomic E-state index is 0.182. The van der Waals surface area contributed by atoms with E-state index < -0.39 is 0 Å². The summed E-state index contributed by atoms with van der Waals surface area (Å²) in [4.78, 5) is 2.37. The van der Waals surface area contributed by atoms with Gasteiger partial charge in [0.2, 0.25) is 0 Å². The van der Waals surface area contributed by atoms with Gasteiger partial charge >= 0.3 is 0 Å². The van der Waals surface area contributed by atoms with Crippen molar-refractivity contribution < 1.29 is 4.39 Å². The number of aryl methyl sites for hydroxylation is 1. The monoisotopic (exact) mass is 280 g/mol. The summed E-state index contributed by atoms with van der Waals surface area (Å²) in [5, 5.41) is 0. The first kappa shape index (κ1) is 17.1. The fourth-order valence-electron chi connectivity index (χ4n) is 3.38. The first-order chi connectivity index (χ1) is 9.46. The molecule has 0 aliphatic carbocycles. The molecular weight excluding hydrogens is 251 g/mol. The molecule has 0 heterocycles. The first-order valence-electron chi connectivity index (χ1n) is 7.73. The molecule has 0 bridgehead atoms. The smallest absolute Gasteiger partial charge is 0.128 e. The first-order valence-corrected chi connectivity index (χ1v) is 7.73. The second-order valence-corrected chi connectivity index (χ2v) is 5.49. The van der Waals surface area contributed by atoms with Gasteiger partial charge in [0.05, 0.1) is 6.04 Å². The summed E-state index contributed by atoms with van der Waals surface area (Å²) in [6.45, 7) is 12.4. The summed E-state index contributed by atoms with van der Waals surface area (Å²) >= 11 is 0. The van der Waals surface area contributed by atoms with Crippen molar-refractivity contribution in [3.8, 4) is 0 Å². The molecule has 0 aliphatic rings. The lowest BCUT2D eigenvalue weighted by Gasteiger charge is -2.46. The molecule has 1 aromatic carbocycles. The lowest BCUT2D eigenvalue weighted by atomic mass is 9.79. The molecule has 0 aromatic heterocycles. The Morgan fingerprint density at radius 3 is 2.15 bits per heavy atom. The Balaban J connectivity index is 3.29. The summed E-state index contributed by atoms with van der Waals surface area (Å²) in [6, 6.07) is 4.91. The van der Waals surface area contributed by atoms with Crippen molar-refractivity contribution in [2.75, 3.05) is 13.1 Å². The normalized spacial score (nSPS) is 13.8. The topological polar surface area (TPSA) is 29.3 Å². The van der Waals surface area contributed by atoms with Crippen LogP contribution in [0.4, 0.5) is 4.39 Å². The summed E-state index contributed by atoms with van der Waals surface area (Å²) < 4.78 is 14.2. The van der Waals surface area contributed by atoms with Crippen LogP contribution in [0.25, 0.3) is 0 Å². The van der Waals surface area contributed by atoms with E-state index in [1.54, 1.807) is 6.07 Å². The van der Waals surface area contributed by atoms with Gasteiger partial charge in [-0.1, -0.05) is 45.4 Å². The van der Waals surface area contributed by atoms with Crippen LogP contribution in [0.3, 0.4) is 0 Å². The van der Waals surface area contributed by atoms with E-state index in [4.69, 9.17) is 5.73 Å². The molecule has 1 unspecified atom stereocenters. The molecule has 0 radical (unpaired) electrons. The van der Waals surface area contributed by atoms with E-state index in [0.717, 1.165) is 31.5 Å². The maximum absolute atomic E-state index is 14.2. The maximum Gasteiger partial charge on any atom is 0.128 e. The van der Waals surface area contributed by atoms with Crippen LogP contribution in [0.15, 0.2) is 18.2 Å². The van der Waals surface area contributed by atoms with Gasteiger partial charge < -0.3 is 5.73 Å². The Morgan fingerprint density at radius 2 is 1.70 bits per heavy atom. The summed E-state index contributed by atoms with van der Waals surface area (Å²) in [6.07, 6.45) is 1.83. The molecule has 0 spiro atoms. The fraction of sp³-hybridized carbons (Fsp3) is 0.647. The van der Waals surface area contributed by atoms with E-state index in [0.29, 0.717) is 5.56 Å². The highest BCUT2D eigenvalue weighted by Crippen LogP contribution is 2.36. The van der Waals surface area contributed by atoms with Crippen molar-refractivity contribution >= 4 is 0 Å². The Labute approximate surface area is 123 Å². The average Bonchev–Trinajstić information content (AvgIpc) is 2.46. The molecule has 0 saturated carbocycles. The Bertz CT molecular complexity index is 423. The van der Waals surface area contributed by atoms with Crippen molar-refractivity contribution in [1.82, 2.24) is 4.90 Å². The van der Waals surface area contributed by atoms with Gasteiger partial charge in [0, 0.05) is 11.1 Å². The number of hydrogen-bond acceptors (Lipinski definition) is 2. The van der Waals surface area contributed by atoms with E-state index >= 15 is 0 Å². The number of benzene rings is 1. The van der Waals surface area contributed by atoms with E-state index in [1.165, 1.54) is 6.07 Å². The Kier molecular flexibility index (Phi) is 6.15. The molecule has 2 nitrogen and oxygen atoms in total. The minimum Gasteiger partial charge on any atom is -0.322 e. The van der Waals surface area contributed by atoms with E-state index in [1.807, 2.05) is 13.0 Å². The van der Waals surface area contributed by atoms with Crippen molar-refractivity contribution in [2.45, 2.75) is 59.0 Å². The van der Waals surface area contributed by atoms with Crippen molar-refractivity contribution in [3.63, 3.8) is 0 Å². The van der Waals surface area contributed by atoms with Gasteiger partial charge in [-0.25, -0.2) is 4.39 Å². The van der Waals surface area contributed by atoms with Gasteiger partial charge in [-0.3, -0.25) is 4.90 Å². The van der Waals surface area contributed by atoms with Crippen LogP contribution in [0.5, 0.6) is 0 Å². The molecule has 0 aliphatic heterocycles. The standard InChI is InChI=1S/C17H29FN2/c1-6-17(7-2,20(8-3)9-4)16(19)14-12-13(5)10-11-15(14)18/h10-12,16H,6-9,19H2,1-5H3. The van der Waals surface area contributed by atoms with Crippen molar-refractivity contribution in [2.24, 2.45) is 5.73 Å². The number of rotatable bonds is 7. The number of nitrogens with two attached hydrogens (primary N) is 1. The largest absolute Gasteiger partial charge is 0.322 e. The van der Waals surface area contributed by atoms with Gasteiger partial charge in [0.15, 0.2) is 0 Å². The third kappa shape index (κ3) is 3.04. The Hall–Kier alpha value is -0.930. The molecule has 3 heteroatoms. The molecular formula is C17H29FN2. The van der Waals surface area contributed by atoms with E-state index in [9.17, 15) is 4.39 Å². The molecule has 0 saturated heterocycles. The zero-order valence-corrected chi connectivity index (χ0v) is 13.5. The maximum atomic E-state index is 14.2. The van der Waals surface area contributed by atoms with Crippen LogP contribution in [0.2, 0.25) is 0 Å². The van der Waals surface area contributed by atoms with Crippen molar-refractivity contribution in [3.05, 3.63) is 35.1 Å². The lowest BCUT2D eigenvalue weighted by molar-refractivity contribution is 0.0613. The number of hydrogen-bond donors (Lipinski definition) is 1. The zero-order chi connectivity index (χ0) is 15.3. The highest BCUT2D eigenvalue weighted by atomic mass is 19.1. The van der Waals surface area contributed by atoms with Crippen molar-refractivity contribution in [1.29, 1.82) is 0 Å². The van der Waals surface area contributed by atoms with Gasteiger partial charge in [0.25, 0.3) is 0 Å². The lowest BCUT2D eigenvalue weighted by Crippen LogP contribution is -2.55. The molecule has 0 fully saturated rings. The molecule has 1 rings (SSSR count). The molecule has 2 N–H and O–H groups in total. The predicted molar refractivity (Wildman–Crippen MR) is 84.3 cm³/mol. The summed E-state index contributed by atoms with van der Waals surface area (Å²) in [5.41, 5.74) is 8.05. The van der Waals surface area contributed by atoms with Crippen LogP contribution < -0.4 is 5.73 Å². The van der Waals surface area contributed by atoms with Crippen LogP contribution in [-0.2, 0) is 0 Å². The third-order valence-corrected chi connectivity index (χ3v) is 4.68. The van der Waals surface area contributed by atoms with Gasteiger partial charge in [0.1, 0.15) is 5.82 Å². The van der Waals surface area contributed by atoms with Gasteiger partial charge in [-0.05, 0) is 38.9 Å². The Morgan fingerprint density at radius 1 is 1.15 bits per heavy atom. The SMILES string of the molecule is CCN(CC)C(CC)(CC)C(N)c1cc(C)ccc1F. The highest BCUT2D eigenvalue weighted by molar-refractivity contribution is 5.29. The molecule has 1 aromatic rings. The van der Waals surface area contributed by atoms with Crippen LogP contribution >= 0.6 is 0 Å². The summed E-state index contributed by atoms with van der Waals surface area (Å²) in [5.74, 6) is -0.193. The number of nitrogens with zero attached hydrogens (tertiary/aromatic N) is 1. The second-order valence-electron chi connectivity index (χ2n) is 5.49. The fourth-order valence-corrected chi connectivity index (χ4v) is 3.38. The summed E-state index contributed by atoms with van der Waals surface area (Å²) in [7, 11) is 0. The quantitative estimate of drug-likeness (QED) is 0.817. The highest BCUT2D eigenvalue weighted by Gasteiger charge is 2.39. The minimum atomic E-state index is -0.308. The van der Waals surface area contributed by atoms with Crippen LogP contribution in [0, 0.1) is 12.7 Å². The predicted octanol–water partition coefficient (Wildman–Crippen LogP) is 4.03. The molecule has 0 amide bonds.